The molecule has 0 saturated heterocycles. The minimum Gasteiger partial charge on any atom is -0.298 e. The van der Waals surface area contributed by atoms with Crippen LogP contribution >= 0.6 is 34.5 Å². The van der Waals surface area contributed by atoms with Gasteiger partial charge in [-0.25, -0.2) is 4.98 Å². The summed E-state index contributed by atoms with van der Waals surface area (Å²) in [5.74, 6) is -0.257. The van der Waals surface area contributed by atoms with Gasteiger partial charge in [-0.3, -0.25) is 10.1 Å². The van der Waals surface area contributed by atoms with Crippen molar-refractivity contribution in [3.8, 4) is 0 Å². The van der Waals surface area contributed by atoms with E-state index < -0.39 is 0 Å². The molecule has 0 fully saturated rings. The molecule has 0 saturated carbocycles. The molecule has 0 bridgehead atoms. The van der Waals surface area contributed by atoms with Crippen molar-refractivity contribution in [1.82, 2.24) is 4.98 Å². The Morgan fingerprint density at radius 2 is 2.09 bits per heavy atom. The van der Waals surface area contributed by atoms with E-state index in [4.69, 9.17) is 23.2 Å². The fraction of sp³-hybridized carbons (Fsp3) is 0.0588. The smallest absolute Gasteiger partial charge is 0.250 e. The Morgan fingerprint density at radius 1 is 1.26 bits per heavy atom. The van der Waals surface area contributed by atoms with Gasteiger partial charge in [0.2, 0.25) is 5.91 Å². The number of hydrogen-bond acceptors (Lipinski definition) is 3. The van der Waals surface area contributed by atoms with Gasteiger partial charge in [0, 0.05) is 16.1 Å². The monoisotopic (exact) mass is 362 g/mol. The second-order valence-electron chi connectivity index (χ2n) is 4.93. The summed E-state index contributed by atoms with van der Waals surface area (Å²) >= 11 is 13.4. The van der Waals surface area contributed by atoms with Crippen molar-refractivity contribution in [2.75, 3.05) is 5.32 Å². The number of hydrogen-bond donors (Lipinski definition) is 1. The van der Waals surface area contributed by atoms with E-state index in [0.29, 0.717) is 15.2 Å². The summed E-state index contributed by atoms with van der Waals surface area (Å²) in [5, 5.41) is 4.40. The average Bonchev–Trinajstić information content (AvgIpc) is 2.90. The molecule has 0 aliphatic heterocycles. The third-order valence-electron chi connectivity index (χ3n) is 3.23. The third kappa shape index (κ3) is 3.72. The normalized spacial score (nSPS) is 11.3. The molecule has 23 heavy (non-hydrogen) atoms. The number of nitrogens with one attached hydrogen (secondary N) is 1. The number of aryl methyl sites for hydroxylation is 1. The van der Waals surface area contributed by atoms with Crippen molar-refractivity contribution in [2.24, 2.45) is 0 Å². The van der Waals surface area contributed by atoms with Crippen LogP contribution in [0.4, 0.5) is 5.13 Å². The zero-order chi connectivity index (χ0) is 16.4. The van der Waals surface area contributed by atoms with Crippen molar-refractivity contribution in [1.29, 1.82) is 0 Å². The van der Waals surface area contributed by atoms with E-state index in [1.165, 1.54) is 17.4 Å². The molecule has 6 heteroatoms. The van der Waals surface area contributed by atoms with Gasteiger partial charge in [-0.2, -0.15) is 0 Å². The van der Waals surface area contributed by atoms with Gasteiger partial charge in [0.25, 0.3) is 0 Å². The first-order chi connectivity index (χ1) is 11.0. The number of thiazole rings is 1. The van der Waals surface area contributed by atoms with Crippen LogP contribution in [-0.4, -0.2) is 10.9 Å². The van der Waals surface area contributed by atoms with E-state index in [2.05, 4.69) is 10.3 Å². The Hall–Kier alpha value is -1.88. The van der Waals surface area contributed by atoms with Gasteiger partial charge < -0.3 is 0 Å². The number of aromatic nitrogens is 1. The van der Waals surface area contributed by atoms with E-state index in [9.17, 15) is 4.79 Å². The molecule has 1 aromatic heterocycles. The highest BCUT2D eigenvalue weighted by Gasteiger charge is 2.07. The minimum atomic E-state index is -0.257. The molecule has 3 rings (SSSR count). The number of fused-ring (bicyclic) bond motifs is 1. The van der Waals surface area contributed by atoms with Crippen molar-refractivity contribution >= 4 is 61.9 Å². The number of carbonyl (C=O) groups excluding carboxylic acids is 1. The van der Waals surface area contributed by atoms with Gasteiger partial charge in [0.1, 0.15) is 0 Å². The van der Waals surface area contributed by atoms with Crippen LogP contribution in [0.1, 0.15) is 11.1 Å². The highest BCUT2D eigenvalue weighted by molar-refractivity contribution is 7.22. The van der Waals surface area contributed by atoms with Crippen LogP contribution in [-0.2, 0) is 4.79 Å². The fourth-order valence-corrected chi connectivity index (χ4v) is 3.51. The Bertz CT molecular complexity index is 918. The molecule has 0 aliphatic carbocycles. The number of para-hydroxylation sites is 1. The number of benzene rings is 2. The molecule has 0 atom stereocenters. The maximum atomic E-state index is 12.0. The molecule has 0 spiro atoms. The van der Waals surface area contributed by atoms with Crippen LogP contribution in [0.5, 0.6) is 0 Å². The predicted molar refractivity (Wildman–Crippen MR) is 98.5 cm³/mol. The van der Waals surface area contributed by atoms with E-state index in [-0.39, 0.29) is 5.91 Å². The molecule has 1 N–H and O–H groups in total. The summed E-state index contributed by atoms with van der Waals surface area (Å²) in [4.78, 5) is 16.5. The maximum Gasteiger partial charge on any atom is 0.250 e. The molecule has 2 aromatic carbocycles. The van der Waals surface area contributed by atoms with Crippen molar-refractivity contribution < 1.29 is 4.79 Å². The molecule has 1 heterocycles. The van der Waals surface area contributed by atoms with Crippen LogP contribution in [0.2, 0.25) is 10.0 Å². The molecule has 116 valence electrons. The summed E-state index contributed by atoms with van der Waals surface area (Å²) in [5.41, 5.74) is 2.73. The standard InChI is InChI=1S/C17H12Cl2N2OS/c1-10-3-2-4-14-16(10)21-17(23-14)20-15(22)8-6-11-5-7-12(18)9-13(11)19/h2-9H,1H3,(H,20,21,22)/b8-6+. The molecule has 0 unspecified atom stereocenters. The lowest BCUT2D eigenvalue weighted by molar-refractivity contribution is -0.111. The van der Waals surface area contributed by atoms with Crippen LogP contribution < -0.4 is 5.32 Å². The summed E-state index contributed by atoms with van der Waals surface area (Å²) in [6.07, 6.45) is 3.07. The molecule has 0 aliphatic rings. The lowest BCUT2D eigenvalue weighted by Gasteiger charge is -1.99. The van der Waals surface area contributed by atoms with Gasteiger partial charge in [-0.05, 0) is 42.3 Å². The van der Waals surface area contributed by atoms with Gasteiger partial charge in [-0.15, -0.1) is 0 Å². The van der Waals surface area contributed by atoms with Gasteiger partial charge in [-0.1, -0.05) is 52.7 Å². The summed E-state index contributed by atoms with van der Waals surface area (Å²) < 4.78 is 1.05. The van der Waals surface area contributed by atoms with Crippen LogP contribution in [0.3, 0.4) is 0 Å². The molecular weight excluding hydrogens is 351 g/mol. The van der Waals surface area contributed by atoms with Gasteiger partial charge in [0.05, 0.1) is 10.2 Å². The number of rotatable bonds is 3. The predicted octanol–water partition coefficient (Wildman–Crippen LogP) is 5.56. The fourth-order valence-electron chi connectivity index (χ4n) is 2.09. The number of anilines is 1. The first-order valence-corrected chi connectivity index (χ1v) is 8.40. The minimum absolute atomic E-state index is 0.257. The molecular formula is C17H12Cl2N2OS. The first kappa shape index (κ1) is 16.0. The maximum absolute atomic E-state index is 12.0. The molecule has 0 radical (unpaired) electrons. The highest BCUT2D eigenvalue weighted by atomic mass is 35.5. The lowest BCUT2D eigenvalue weighted by Crippen LogP contribution is -2.07. The number of halogens is 2. The zero-order valence-electron chi connectivity index (χ0n) is 12.1. The summed E-state index contributed by atoms with van der Waals surface area (Å²) in [6, 6.07) is 11.1. The largest absolute Gasteiger partial charge is 0.298 e. The van der Waals surface area contributed by atoms with Gasteiger partial charge in [0.15, 0.2) is 5.13 Å². The van der Waals surface area contributed by atoms with Crippen molar-refractivity contribution in [3.63, 3.8) is 0 Å². The van der Waals surface area contributed by atoms with Crippen molar-refractivity contribution in [2.45, 2.75) is 6.92 Å². The second-order valence-corrected chi connectivity index (χ2v) is 6.80. The average molecular weight is 363 g/mol. The van der Waals surface area contributed by atoms with E-state index in [1.54, 1.807) is 24.3 Å². The molecule has 3 nitrogen and oxygen atoms in total. The SMILES string of the molecule is Cc1cccc2sc(NC(=O)/C=C/c3ccc(Cl)cc3Cl)nc12. The Labute approximate surface area is 147 Å². The Morgan fingerprint density at radius 3 is 2.83 bits per heavy atom. The zero-order valence-corrected chi connectivity index (χ0v) is 14.5. The lowest BCUT2D eigenvalue weighted by atomic mass is 10.2. The first-order valence-electron chi connectivity index (χ1n) is 6.83. The van der Waals surface area contributed by atoms with Crippen molar-refractivity contribution in [3.05, 3.63) is 63.6 Å². The van der Waals surface area contributed by atoms with E-state index in [1.807, 2.05) is 25.1 Å². The number of nitrogens with zero attached hydrogens (tertiary/aromatic N) is 1. The number of amides is 1. The van der Waals surface area contributed by atoms with Crippen LogP contribution in [0.25, 0.3) is 16.3 Å². The quantitative estimate of drug-likeness (QED) is 0.619. The highest BCUT2D eigenvalue weighted by Crippen LogP contribution is 2.28. The summed E-state index contributed by atoms with van der Waals surface area (Å²) in [6.45, 7) is 2.00. The second kappa shape index (κ2) is 6.71. The third-order valence-corrected chi connectivity index (χ3v) is 4.73. The van der Waals surface area contributed by atoms with E-state index in [0.717, 1.165) is 21.3 Å². The Balaban J connectivity index is 1.75. The van der Waals surface area contributed by atoms with E-state index >= 15 is 0 Å². The number of carbonyl (C=O) groups is 1. The van der Waals surface area contributed by atoms with Crippen LogP contribution in [0, 0.1) is 6.92 Å². The van der Waals surface area contributed by atoms with Gasteiger partial charge >= 0.3 is 0 Å². The topological polar surface area (TPSA) is 42.0 Å². The Kier molecular flexibility index (Phi) is 4.66. The molecule has 3 aromatic rings. The summed E-state index contributed by atoms with van der Waals surface area (Å²) in [7, 11) is 0. The molecule has 1 amide bonds. The van der Waals surface area contributed by atoms with Crippen LogP contribution in [0.15, 0.2) is 42.5 Å².